The molecule has 0 spiro atoms. The Morgan fingerprint density at radius 1 is 0.526 bits per heavy atom. The minimum atomic E-state index is -3.35. The number of ether oxygens (including phenoxy) is 3. The first-order chi connectivity index (χ1) is 18.1. The molecule has 0 aromatic carbocycles. The molecule has 0 saturated heterocycles. The van der Waals surface area contributed by atoms with Gasteiger partial charge in [0, 0.05) is 0 Å². The summed E-state index contributed by atoms with van der Waals surface area (Å²) in [7, 11) is 0. The first-order valence-corrected chi connectivity index (χ1v) is 20.4. The van der Waals surface area contributed by atoms with Crippen molar-refractivity contribution < 1.29 is 33.2 Å². The molecular weight excluding hydrogens is 563 g/mol. The van der Waals surface area contributed by atoms with Gasteiger partial charge in [-0.2, -0.15) is 0 Å². The van der Waals surface area contributed by atoms with Crippen LogP contribution in [-0.2, 0) is 33.2 Å². The van der Waals surface area contributed by atoms with Crippen molar-refractivity contribution in [1.29, 1.82) is 0 Å². The van der Waals surface area contributed by atoms with E-state index < -0.39 is 38.4 Å². The zero-order valence-electron chi connectivity index (χ0n) is 24.4. The summed E-state index contributed by atoms with van der Waals surface area (Å²) >= 11 is 2.93. The van der Waals surface area contributed by atoms with Crippen molar-refractivity contribution in [3.8, 4) is 0 Å². The monoisotopic (exact) mass is 614 g/mol. The normalized spacial score (nSPS) is 15.2. The van der Waals surface area contributed by atoms with Gasteiger partial charge in [0.25, 0.3) is 0 Å². The van der Waals surface area contributed by atoms with Gasteiger partial charge in [-0.15, -0.1) is 0 Å². The van der Waals surface area contributed by atoms with Gasteiger partial charge in [0.2, 0.25) is 4.75 Å². The molecule has 11 heteroatoms. The molecule has 0 saturated carbocycles. The minimum absolute atomic E-state index is 0.329. The van der Waals surface area contributed by atoms with Crippen molar-refractivity contribution in [2.45, 2.75) is 134 Å². The van der Waals surface area contributed by atoms with E-state index in [0.29, 0.717) is 19.8 Å². The minimum Gasteiger partial charge on any atom is -0.465 e. The first-order valence-electron chi connectivity index (χ1n) is 14.2. The molecule has 0 aliphatic carbocycles. The SMILES string of the molecule is CCCCCCOC(=O)C(C)SP(=O)(SC(C)C(=O)OCCCCCC)SC(C)C(=O)OCCCCCC. The summed E-state index contributed by atoms with van der Waals surface area (Å²) in [6.07, 6.45) is 11.9. The van der Waals surface area contributed by atoms with E-state index in [9.17, 15) is 18.9 Å². The maximum atomic E-state index is 14.1. The number of rotatable bonds is 24. The van der Waals surface area contributed by atoms with Crippen LogP contribution in [0.25, 0.3) is 0 Å². The molecule has 0 radical (unpaired) electrons. The highest BCUT2D eigenvalue weighted by Gasteiger charge is 2.38. The summed E-state index contributed by atoms with van der Waals surface area (Å²) in [4.78, 5) is 37.7. The van der Waals surface area contributed by atoms with Crippen LogP contribution in [0.4, 0.5) is 0 Å². The second-order valence-corrected chi connectivity index (χ2v) is 21.6. The fourth-order valence-corrected chi connectivity index (χ4v) is 18.0. The number of hydrogen-bond acceptors (Lipinski definition) is 10. The molecule has 224 valence electrons. The summed E-state index contributed by atoms with van der Waals surface area (Å²) in [5, 5.41) is -2.12. The number of esters is 3. The largest absolute Gasteiger partial charge is 0.465 e. The molecule has 0 N–H and O–H groups in total. The fourth-order valence-electron chi connectivity index (χ4n) is 3.24. The Bertz CT molecular complexity index is 618. The first kappa shape index (κ1) is 37.7. The Balaban J connectivity index is 5.15. The van der Waals surface area contributed by atoms with E-state index in [0.717, 1.165) is 111 Å². The van der Waals surface area contributed by atoms with Crippen LogP contribution in [-0.4, -0.2) is 53.5 Å². The highest BCUT2D eigenvalue weighted by Crippen LogP contribution is 2.80. The predicted molar refractivity (Wildman–Crippen MR) is 164 cm³/mol. The number of carbonyl (C=O) groups excluding carboxylic acids is 3. The molecule has 0 fully saturated rings. The van der Waals surface area contributed by atoms with Crippen LogP contribution in [0.2, 0.25) is 0 Å². The van der Waals surface area contributed by atoms with Crippen molar-refractivity contribution in [1.82, 2.24) is 0 Å². The van der Waals surface area contributed by atoms with Crippen molar-refractivity contribution in [3.63, 3.8) is 0 Å². The lowest BCUT2D eigenvalue weighted by Crippen LogP contribution is -2.20. The fraction of sp³-hybridized carbons (Fsp3) is 0.889. The maximum Gasteiger partial charge on any atom is 0.319 e. The van der Waals surface area contributed by atoms with E-state index in [4.69, 9.17) is 14.2 Å². The van der Waals surface area contributed by atoms with Crippen molar-refractivity contribution in [2.75, 3.05) is 19.8 Å². The van der Waals surface area contributed by atoms with Crippen LogP contribution < -0.4 is 0 Å². The van der Waals surface area contributed by atoms with Crippen molar-refractivity contribution in [3.05, 3.63) is 0 Å². The van der Waals surface area contributed by atoms with Gasteiger partial charge in [0.05, 0.1) is 19.8 Å². The molecule has 0 bridgehead atoms. The van der Waals surface area contributed by atoms with E-state index in [1.54, 1.807) is 20.8 Å². The van der Waals surface area contributed by atoms with Crippen LogP contribution >= 0.6 is 38.9 Å². The Hall–Kier alpha value is -0.310. The second-order valence-electron chi connectivity index (χ2n) is 9.37. The molecule has 0 aromatic rings. The van der Waals surface area contributed by atoms with Crippen LogP contribution in [0.1, 0.15) is 119 Å². The lowest BCUT2D eigenvalue weighted by molar-refractivity contribution is -0.143. The summed E-state index contributed by atoms with van der Waals surface area (Å²) in [6.45, 7) is 12.3. The van der Waals surface area contributed by atoms with Gasteiger partial charge in [-0.05, 0) is 40.0 Å². The third-order valence-corrected chi connectivity index (χ3v) is 17.7. The highest BCUT2D eigenvalue weighted by atomic mass is 33.4. The van der Waals surface area contributed by atoms with Gasteiger partial charge >= 0.3 is 17.9 Å². The van der Waals surface area contributed by atoms with Gasteiger partial charge in [0.15, 0.2) is 0 Å². The van der Waals surface area contributed by atoms with E-state index in [1.165, 1.54) is 0 Å². The van der Waals surface area contributed by atoms with E-state index >= 15 is 0 Å². The number of hydrogen-bond donors (Lipinski definition) is 0. The average Bonchev–Trinajstić information content (AvgIpc) is 2.87. The molecule has 3 unspecified atom stereocenters. The Labute approximate surface area is 243 Å². The van der Waals surface area contributed by atoms with Gasteiger partial charge in [-0.25, -0.2) is 0 Å². The van der Waals surface area contributed by atoms with Crippen LogP contribution in [0.3, 0.4) is 0 Å². The number of unbranched alkanes of at least 4 members (excludes halogenated alkanes) is 9. The maximum absolute atomic E-state index is 14.1. The number of carbonyl (C=O) groups is 3. The van der Waals surface area contributed by atoms with Crippen LogP contribution in [0.15, 0.2) is 0 Å². The van der Waals surface area contributed by atoms with Gasteiger partial charge in [-0.1, -0.05) is 113 Å². The zero-order chi connectivity index (χ0) is 28.8. The smallest absolute Gasteiger partial charge is 0.319 e. The molecule has 3 atom stereocenters. The predicted octanol–water partition coefficient (Wildman–Crippen LogP) is 8.83. The second kappa shape index (κ2) is 23.4. The molecule has 7 nitrogen and oxygen atoms in total. The topological polar surface area (TPSA) is 96.0 Å². The molecule has 0 heterocycles. The van der Waals surface area contributed by atoms with Gasteiger partial charge in [0.1, 0.15) is 15.7 Å². The summed E-state index contributed by atoms with van der Waals surface area (Å²) in [5.41, 5.74) is 0. The standard InChI is InChI=1S/C27H51O7PS3/c1-7-10-13-16-19-32-25(28)22(4)36-35(31,37-23(5)26(29)33-20-17-14-11-8-2)38-24(6)27(30)34-21-18-15-12-9-3/h22-24H,7-21H2,1-6H3. The summed E-state index contributed by atoms with van der Waals surface area (Å²) < 4.78 is 26.9. The zero-order valence-corrected chi connectivity index (χ0v) is 27.7. The van der Waals surface area contributed by atoms with Crippen molar-refractivity contribution >= 4 is 56.8 Å². The van der Waals surface area contributed by atoms with Crippen LogP contribution in [0, 0.1) is 0 Å². The lowest BCUT2D eigenvalue weighted by Gasteiger charge is -2.24. The Morgan fingerprint density at radius 3 is 1.03 bits per heavy atom. The third kappa shape index (κ3) is 18.9. The van der Waals surface area contributed by atoms with Gasteiger partial charge < -0.3 is 14.2 Å². The Morgan fingerprint density at radius 2 is 0.789 bits per heavy atom. The highest BCUT2D eigenvalue weighted by molar-refractivity contribution is 9.15. The molecule has 0 rings (SSSR count). The molecule has 0 aromatic heterocycles. The Kier molecular flexibility index (Phi) is 23.2. The average molecular weight is 615 g/mol. The van der Waals surface area contributed by atoms with Gasteiger partial charge in [-0.3, -0.25) is 18.9 Å². The molecule has 0 aliphatic rings. The molecule has 0 aliphatic heterocycles. The van der Waals surface area contributed by atoms with E-state index in [-0.39, 0.29) is 0 Å². The third-order valence-electron chi connectivity index (χ3n) is 5.58. The summed E-state index contributed by atoms with van der Waals surface area (Å²) in [6, 6.07) is 0. The van der Waals surface area contributed by atoms with E-state index in [2.05, 4.69) is 20.8 Å². The van der Waals surface area contributed by atoms with Crippen LogP contribution in [0.5, 0.6) is 0 Å². The molecule has 38 heavy (non-hydrogen) atoms. The lowest BCUT2D eigenvalue weighted by atomic mass is 10.2. The summed E-state index contributed by atoms with van der Waals surface area (Å²) in [5.74, 6) is -1.32. The quantitative estimate of drug-likeness (QED) is 0.0454. The molecule has 0 amide bonds. The van der Waals surface area contributed by atoms with Crippen molar-refractivity contribution in [2.24, 2.45) is 0 Å². The van der Waals surface area contributed by atoms with E-state index in [1.807, 2.05) is 0 Å². The molecular formula is C27H51O7PS3.